The summed E-state index contributed by atoms with van der Waals surface area (Å²) in [6.07, 6.45) is 2.23. The van der Waals surface area contributed by atoms with Gasteiger partial charge in [0.1, 0.15) is 4.88 Å². The highest BCUT2D eigenvalue weighted by atomic mass is 32.1. The lowest BCUT2D eigenvalue weighted by molar-refractivity contribution is -0.122. The summed E-state index contributed by atoms with van der Waals surface area (Å²) in [5.74, 6) is -0.592. The average Bonchev–Trinajstić information content (AvgIpc) is 3.35. The van der Waals surface area contributed by atoms with E-state index in [2.05, 4.69) is 20.7 Å². The van der Waals surface area contributed by atoms with Crippen LogP contribution in [0.25, 0.3) is 10.9 Å². The van der Waals surface area contributed by atoms with E-state index >= 15 is 0 Å². The van der Waals surface area contributed by atoms with Crippen molar-refractivity contribution in [2.45, 2.75) is 19.9 Å². The first-order valence-corrected chi connectivity index (χ1v) is 10.4. The molecule has 0 aliphatic carbocycles. The van der Waals surface area contributed by atoms with E-state index in [0.717, 1.165) is 29.1 Å². The monoisotopic (exact) mass is 413 g/mol. The molecule has 8 nitrogen and oxygen atoms in total. The lowest BCUT2D eigenvalue weighted by Gasteiger charge is -2.25. The van der Waals surface area contributed by atoms with Crippen LogP contribution in [-0.2, 0) is 16.1 Å². The van der Waals surface area contributed by atoms with Crippen LogP contribution in [0.5, 0.6) is 0 Å². The Morgan fingerprint density at radius 3 is 2.79 bits per heavy atom. The van der Waals surface area contributed by atoms with Crippen molar-refractivity contribution in [3.63, 3.8) is 0 Å². The Morgan fingerprint density at radius 2 is 1.97 bits per heavy atom. The molecule has 0 unspecified atom stereocenters. The Hall–Kier alpha value is -2.91. The standard InChI is InChI=1S/C20H23N5O3S/c1-14-18(29-20(21-14)25-10-12-28-13-11-25)19(27)23-22-17(26)7-9-24-8-6-15-4-2-3-5-16(15)24/h2-6,8H,7,9-13H2,1H3,(H,22,26)(H,23,27). The fourth-order valence-corrected chi connectivity index (χ4v) is 4.30. The molecule has 0 saturated carbocycles. The van der Waals surface area contributed by atoms with Gasteiger partial charge in [-0.2, -0.15) is 0 Å². The van der Waals surface area contributed by atoms with Gasteiger partial charge in [-0.1, -0.05) is 29.5 Å². The number of thiazole rings is 1. The third kappa shape index (κ3) is 4.41. The third-order valence-electron chi connectivity index (χ3n) is 4.85. The second-order valence-corrected chi connectivity index (χ2v) is 7.81. The zero-order chi connectivity index (χ0) is 20.2. The molecule has 1 saturated heterocycles. The van der Waals surface area contributed by atoms with Crippen LogP contribution < -0.4 is 15.8 Å². The Labute approximate surface area is 172 Å². The molecule has 2 aromatic heterocycles. The molecule has 1 aliphatic heterocycles. The summed E-state index contributed by atoms with van der Waals surface area (Å²) >= 11 is 1.33. The fourth-order valence-electron chi connectivity index (χ4n) is 3.29. The maximum Gasteiger partial charge on any atom is 0.281 e. The molecular weight excluding hydrogens is 390 g/mol. The molecule has 2 amide bonds. The number of hydrogen-bond donors (Lipinski definition) is 2. The van der Waals surface area contributed by atoms with Crippen molar-refractivity contribution in [2.75, 3.05) is 31.2 Å². The Morgan fingerprint density at radius 1 is 1.17 bits per heavy atom. The highest BCUT2D eigenvalue weighted by Gasteiger charge is 2.20. The minimum absolute atomic E-state index is 0.244. The quantitative estimate of drug-likeness (QED) is 0.626. The summed E-state index contributed by atoms with van der Waals surface area (Å²) in [6, 6.07) is 10.0. The zero-order valence-electron chi connectivity index (χ0n) is 16.2. The van der Waals surface area contributed by atoms with Crippen molar-refractivity contribution in [1.29, 1.82) is 0 Å². The summed E-state index contributed by atoms with van der Waals surface area (Å²) in [7, 11) is 0. The minimum atomic E-state index is -0.348. The molecule has 0 atom stereocenters. The van der Waals surface area contributed by atoms with E-state index in [1.807, 2.05) is 41.1 Å². The normalized spacial score (nSPS) is 14.2. The predicted molar refractivity (Wildman–Crippen MR) is 112 cm³/mol. The average molecular weight is 414 g/mol. The number of carbonyl (C=O) groups excluding carboxylic acids is 2. The largest absolute Gasteiger partial charge is 0.378 e. The molecule has 29 heavy (non-hydrogen) atoms. The van der Waals surface area contributed by atoms with Gasteiger partial charge in [-0.25, -0.2) is 4.98 Å². The lowest BCUT2D eigenvalue weighted by atomic mass is 10.2. The molecule has 2 N–H and O–H groups in total. The van der Waals surface area contributed by atoms with E-state index in [1.54, 1.807) is 6.92 Å². The van der Waals surface area contributed by atoms with E-state index in [4.69, 9.17) is 4.74 Å². The molecule has 3 aromatic rings. The molecular formula is C20H23N5O3S. The van der Waals surface area contributed by atoms with Gasteiger partial charge in [0.25, 0.3) is 5.91 Å². The maximum atomic E-state index is 12.5. The van der Waals surface area contributed by atoms with Crippen molar-refractivity contribution in [1.82, 2.24) is 20.4 Å². The Balaban J connectivity index is 1.30. The molecule has 0 bridgehead atoms. The van der Waals surface area contributed by atoms with Gasteiger partial charge in [0.2, 0.25) is 5.91 Å². The molecule has 152 valence electrons. The van der Waals surface area contributed by atoms with E-state index in [9.17, 15) is 9.59 Å². The second kappa shape index (κ2) is 8.62. The van der Waals surface area contributed by atoms with Crippen LogP contribution in [0.4, 0.5) is 5.13 Å². The van der Waals surface area contributed by atoms with Crippen LogP contribution in [0.3, 0.4) is 0 Å². The number of amides is 2. The van der Waals surface area contributed by atoms with Crippen LogP contribution in [0.1, 0.15) is 21.8 Å². The number of benzene rings is 1. The smallest absolute Gasteiger partial charge is 0.281 e. The first-order chi connectivity index (χ1) is 14.1. The van der Waals surface area contributed by atoms with Gasteiger partial charge in [-0.15, -0.1) is 0 Å². The fraction of sp³-hybridized carbons (Fsp3) is 0.350. The minimum Gasteiger partial charge on any atom is -0.378 e. The first-order valence-electron chi connectivity index (χ1n) is 9.55. The second-order valence-electron chi connectivity index (χ2n) is 6.83. The van der Waals surface area contributed by atoms with Crippen LogP contribution in [0.15, 0.2) is 36.5 Å². The molecule has 4 rings (SSSR count). The molecule has 0 spiro atoms. The maximum absolute atomic E-state index is 12.5. The molecule has 1 fully saturated rings. The van der Waals surface area contributed by atoms with Gasteiger partial charge in [0.05, 0.1) is 18.9 Å². The molecule has 1 aliphatic rings. The van der Waals surface area contributed by atoms with Crippen molar-refractivity contribution in [3.8, 4) is 0 Å². The molecule has 9 heteroatoms. The number of anilines is 1. The van der Waals surface area contributed by atoms with E-state index < -0.39 is 0 Å². The summed E-state index contributed by atoms with van der Waals surface area (Å²) in [6.45, 7) is 5.18. The van der Waals surface area contributed by atoms with Crippen molar-refractivity contribution in [3.05, 3.63) is 47.1 Å². The summed E-state index contributed by atoms with van der Waals surface area (Å²) in [5, 5.41) is 1.94. The van der Waals surface area contributed by atoms with Gasteiger partial charge in [0, 0.05) is 37.8 Å². The van der Waals surface area contributed by atoms with Crippen LogP contribution in [-0.4, -0.2) is 47.7 Å². The highest BCUT2D eigenvalue weighted by Crippen LogP contribution is 2.26. The number of ether oxygens (including phenoxy) is 1. The number of aromatic nitrogens is 2. The van der Waals surface area contributed by atoms with E-state index in [0.29, 0.717) is 30.3 Å². The Bertz CT molecular complexity index is 1020. The van der Waals surface area contributed by atoms with Crippen molar-refractivity contribution < 1.29 is 14.3 Å². The van der Waals surface area contributed by atoms with Gasteiger partial charge in [-0.05, 0) is 24.4 Å². The van der Waals surface area contributed by atoms with Crippen molar-refractivity contribution >= 4 is 39.2 Å². The molecule has 1 aromatic carbocycles. The van der Waals surface area contributed by atoms with Gasteiger partial charge < -0.3 is 14.2 Å². The number of hydrogen-bond acceptors (Lipinski definition) is 6. The number of morpholine rings is 1. The first kappa shape index (κ1) is 19.4. The molecule has 0 radical (unpaired) electrons. The number of aryl methyl sites for hydroxylation is 2. The SMILES string of the molecule is Cc1nc(N2CCOCC2)sc1C(=O)NNC(=O)CCn1ccc2ccccc21. The number of para-hydroxylation sites is 1. The number of nitrogens with zero attached hydrogens (tertiary/aromatic N) is 3. The summed E-state index contributed by atoms with van der Waals surface area (Å²) < 4.78 is 7.38. The number of fused-ring (bicyclic) bond motifs is 1. The van der Waals surface area contributed by atoms with Gasteiger partial charge in [0.15, 0.2) is 5.13 Å². The molecule has 3 heterocycles. The highest BCUT2D eigenvalue weighted by molar-refractivity contribution is 7.17. The van der Waals surface area contributed by atoms with E-state index in [-0.39, 0.29) is 18.2 Å². The Kier molecular flexibility index (Phi) is 5.77. The van der Waals surface area contributed by atoms with Gasteiger partial charge >= 0.3 is 0 Å². The van der Waals surface area contributed by atoms with Crippen LogP contribution >= 0.6 is 11.3 Å². The van der Waals surface area contributed by atoms with Gasteiger partial charge in [-0.3, -0.25) is 20.4 Å². The lowest BCUT2D eigenvalue weighted by Crippen LogP contribution is -2.41. The van der Waals surface area contributed by atoms with Crippen LogP contribution in [0.2, 0.25) is 0 Å². The van der Waals surface area contributed by atoms with E-state index in [1.165, 1.54) is 11.3 Å². The summed E-state index contributed by atoms with van der Waals surface area (Å²) in [4.78, 5) is 31.7. The topological polar surface area (TPSA) is 88.5 Å². The number of nitrogens with one attached hydrogen (secondary N) is 2. The summed E-state index contributed by atoms with van der Waals surface area (Å²) in [5.41, 5.74) is 6.74. The number of hydrazine groups is 1. The van der Waals surface area contributed by atoms with Crippen LogP contribution in [0, 0.1) is 6.92 Å². The number of rotatable bonds is 5. The zero-order valence-corrected chi connectivity index (χ0v) is 17.0. The number of carbonyl (C=O) groups is 2. The predicted octanol–water partition coefficient (Wildman–Crippen LogP) is 2.09. The third-order valence-corrected chi connectivity index (χ3v) is 6.07. The van der Waals surface area contributed by atoms with Crippen molar-refractivity contribution in [2.24, 2.45) is 0 Å².